The molecule has 100 valence electrons. The van der Waals surface area contributed by atoms with Crippen LogP contribution < -0.4 is 5.32 Å². The van der Waals surface area contributed by atoms with E-state index >= 15 is 0 Å². The lowest BCUT2D eigenvalue weighted by Gasteiger charge is -2.11. The Hall–Kier alpha value is -1.74. The number of hydrogen-bond acceptors (Lipinski definition) is 3. The van der Waals surface area contributed by atoms with Crippen LogP contribution in [0.5, 0.6) is 0 Å². The molecule has 19 heavy (non-hydrogen) atoms. The van der Waals surface area contributed by atoms with Gasteiger partial charge < -0.3 is 5.32 Å². The lowest BCUT2D eigenvalue weighted by atomic mass is 10.1. The number of hydrogen-bond donors (Lipinski definition) is 1. The van der Waals surface area contributed by atoms with Crippen LogP contribution in [-0.4, -0.2) is 16.5 Å². The molecule has 2 rings (SSSR count). The van der Waals surface area contributed by atoms with E-state index in [9.17, 15) is 0 Å². The maximum atomic E-state index is 4.65. The van der Waals surface area contributed by atoms with Crippen LogP contribution in [0.1, 0.15) is 29.4 Å². The van der Waals surface area contributed by atoms with Gasteiger partial charge in [0.15, 0.2) is 5.82 Å². The molecule has 1 aromatic heterocycles. The second kappa shape index (κ2) is 5.93. The van der Waals surface area contributed by atoms with Crippen LogP contribution in [0, 0.1) is 20.8 Å². The summed E-state index contributed by atoms with van der Waals surface area (Å²) in [7, 11) is 0. The van der Waals surface area contributed by atoms with Crippen LogP contribution in [0.25, 0.3) is 11.4 Å². The summed E-state index contributed by atoms with van der Waals surface area (Å²) in [6.45, 7) is 10.1. The maximum absolute atomic E-state index is 4.65. The van der Waals surface area contributed by atoms with Gasteiger partial charge in [-0.15, -0.1) is 0 Å². The first-order chi connectivity index (χ1) is 9.11. The summed E-state index contributed by atoms with van der Waals surface area (Å²) >= 11 is 0. The van der Waals surface area contributed by atoms with Gasteiger partial charge >= 0.3 is 0 Å². The summed E-state index contributed by atoms with van der Waals surface area (Å²) < 4.78 is 0. The van der Waals surface area contributed by atoms with Gasteiger partial charge in [0.05, 0.1) is 0 Å². The highest BCUT2D eigenvalue weighted by Gasteiger charge is 2.09. The topological polar surface area (TPSA) is 37.8 Å². The van der Waals surface area contributed by atoms with Crippen molar-refractivity contribution >= 4 is 0 Å². The number of aryl methyl sites for hydroxylation is 3. The molecule has 0 bridgehead atoms. The monoisotopic (exact) mass is 255 g/mol. The number of nitrogens with one attached hydrogen (secondary N) is 1. The first-order valence-electron chi connectivity index (χ1n) is 6.73. The average molecular weight is 255 g/mol. The molecular formula is C16H21N3. The molecule has 0 radical (unpaired) electrons. The maximum Gasteiger partial charge on any atom is 0.159 e. The molecular weight excluding hydrogens is 234 g/mol. The van der Waals surface area contributed by atoms with E-state index in [0.717, 1.165) is 35.9 Å². The second-order valence-electron chi connectivity index (χ2n) is 4.85. The van der Waals surface area contributed by atoms with Crippen LogP contribution in [0.4, 0.5) is 0 Å². The number of aromatic nitrogens is 2. The fourth-order valence-electron chi connectivity index (χ4n) is 2.16. The van der Waals surface area contributed by atoms with E-state index < -0.39 is 0 Å². The van der Waals surface area contributed by atoms with Crippen molar-refractivity contribution in [1.82, 2.24) is 15.3 Å². The molecule has 0 aliphatic rings. The number of benzene rings is 1. The molecule has 2 aromatic rings. The average Bonchev–Trinajstić information content (AvgIpc) is 2.37. The number of nitrogens with zero attached hydrogens (tertiary/aromatic N) is 2. The van der Waals surface area contributed by atoms with Crippen molar-refractivity contribution in [3.63, 3.8) is 0 Å². The van der Waals surface area contributed by atoms with Crippen molar-refractivity contribution in [1.29, 1.82) is 0 Å². The van der Waals surface area contributed by atoms with Crippen LogP contribution in [0.3, 0.4) is 0 Å². The van der Waals surface area contributed by atoms with E-state index in [-0.39, 0.29) is 0 Å². The normalized spacial score (nSPS) is 10.7. The van der Waals surface area contributed by atoms with Gasteiger partial charge in [0.1, 0.15) is 0 Å². The largest absolute Gasteiger partial charge is 0.313 e. The minimum atomic E-state index is 0.818. The van der Waals surface area contributed by atoms with Gasteiger partial charge in [0.25, 0.3) is 0 Å². The van der Waals surface area contributed by atoms with Crippen molar-refractivity contribution in [3.05, 3.63) is 46.8 Å². The zero-order valence-electron chi connectivity index (χ0n) is 12.1. The predicted octanol–water partition coefficient (Wildman–Crippen LogP) is 3.18. The third kappa shape index (κ3) is 3.18. The Kier molecular flexibility index (Phi) is 4.27. The summed E-state index contributed by atoms with van der Waals surface area (Å²) in [5, 5.41) is 3.33. The van der Waals surface area contributed by atoms with Crippen molar-refractivity contribution in [3.8, 4) is 11.4 Å². The Morgan fingerprint density at radius 3 is 2.32 bits per heavy atom. The molecule has 0 atom stereocenters. The lowest BCUT2D eigenvalue weighted by Crippen LogP contribution is -2.15. The van der Waals surface area contributed by atoms with E-state index in [1.54, 1.807) is 0 Å². The first kappa shape index (κ1) is 13.7. The van der Waals surface area contributed by atoms with Crippen LogP contribution in [0.15, 0.2) is 24.3 Å². The lowest BCUT2D eigenvalue weighted by molar-refractivity contribution is 0.711. The Morgan fingerprint density at radius 1 is 1.05 bits per heavy atom. The smallest absolute Gasteiger partial charge is 0.159 e. The Labute approximate surface area is 115 Å². The molecule has 0 saturated heterocycles. The molecule has 0 aliphatic carbocycles. The highest BCUT2D eigenvalue weighted by molar-refractivity contribution is 5.56. The van der Waals surface area contributed by atoms with E-state index in [1.807, 2.05) is 6.07 Å². The van der Waals surface area contributed by atoms with E-state index in [4.69, 9.17) is 0 Å². The summed E-state index contributed by atoms with van der Waals surface area (Å²) in [5.41, 5.74) is 5.64. The summed E-state index contributed by atoms with van der Waals surface area (Å²) in [4.78, 5) is 9.29. The SMILES string of the molecule is CCNCc1c(C)nc(-c2cccc(C)c2)nc1C. The molecule has 0 unspecified atom stereocenters. The summed E-state index contributed by atoms with van der Waals surface area (Å²) in [6, 6.07) is 8.32. The van der Waals surface area contributed by atoms with Gasteiger partial charge in [-0.05, 0) is 33.4 Å². The van der Waals surface area contributed by atoms with Crippen molar-refractivity contribution in [2.45, 2.75) is 34.2 Å². The quantitative estimate of drug-likeness (QED) is 0.911. The number of rotatable bonds is 4. The highest BCUT2D eigenvalue weighted by atomic mass is 14.9. The first-order valence-corrected chi connectivity index (χ1v) is 6.73. The third-order valence-electron chi connectivity index (χ3n) is 3.25. The minimum Gasteiger partial charge on any atom is -0.313 e. The molecule has 3 heteroatoms. The van der Waals surface area contributed by atoms with E-state index in [0.29, 0.717) is 0 Å². The molecule has 3 nitrogen and oxygen atoms in total. The Morgan fingerprint density at radius 2 is 1.74 bits per heavy atom. The molecule has 0 fully saturated rings. The van der Waals surface area contributed by atoms with Gasteiger partial charge in [0.2, 0.25) is 0 Å². The standard InChI is InChI=1S/C16H21N3/c1-5-17-10-15-12(3)18-16(19-13(15)4)14-8-6-7-11(2)9-14/h6-9,17H,5,10H2,1-4H3. The Balaban J connectivity index is 2.39. The Bertz CT molecular complexity index is 553. The molecule has 0 amide bonds. The highest BCUT2D eigenvalue weighted by Crippen LogP contribution is 2.19. The fraction of sp³-hybridized carbons (Fsp3) is 0.375. The van der Waals surface area contributed by atoms with Crippen LogP contribution >= 0.6 is 0 Å². The second-order valence-corrected chi connectivity index (χ2v) is 4.85. The van der Waals surface area contributed by atoms with Gasteiger partial charge in [0, 0.05) is 29.1 Å². The molecule has 0 aliphatic heterocycles. The minimum absolute atomic E-state index is 0.818. The molecule has 1 N–H and O–H groups in total. The van der Waals surface area contributed by atoms with Crippen molar-refractivity contribution < 1.29 is 0 Å². The van der Waals surface area contributed by atoms with Crippen molar-refractivity contribution in [2.24, 2.45) is 0 Å². The zero-order valence-corrected chi connectivity index (χ0v) is 12.1. The van der Waals surface area contributed by atoms with Crippen molar-refractivity contribution in [2.75, 3.05) is 6.54 Å². The molecule has 0 saturated carbocycles. The summed E-state index contributed by atoms with van der Waals surface area (Å²) in [6.07, 6.45) is 0. The fourth-order valence-corrected chi connectivity index (χ4v) is 2.16. The van der Waals surface area contributed by atoms with E-state index in [1.165, 1.54) is 11.1 Å². The van der Waals surface area contributed by atoms with Gasteiger partial charge in [-0.2, -0.15) is 0 Å². The molecule has 1 aromatic carbocycles. The van der Waals surface area contributed by atoms with Crippen LogP contribution in [0.2, 0.25) is 0 Å². The summed E-state index contributed by atoms with van der Waals surface area (Å²) in [5.74, 6) is 0.818. The predicted molar refractivity (Wildman–Crippen MR) is 79.1 cm³/mol. The van der Waals surface area contributed by atoms with Gasteiger partial charge in [-0.1, -0.05) is 30.7 Å². The van der Waals surface area contributed by atoms with Crippen LogP contribution in [-0.2, 0) is 6.54 Å². The van der Waals surface area contributed by atoms with Gasteiger partial charge in [-0.3, -0.25) is 0 Å². The van der Waals surface area contributed by atoms with E-state index in [2.05, 4.69) is 61.2 Å². The molecule has 1 heterocycles. The third-order valence-corrected chi connectivity index (χ3v) is 3.25. The molecule has 0 spiro atoms. The van der Waals surface area contributed by atoms with Gasteiger partial charge in [-0.25, -0.2) is 9.97 Å². The zero-order chi connectivity index (χ0) is 13.8.